The molecule has 1 N–H and O–H groups in total. The van der Waals surface area contributed by atoms with Crippen LogP contribution in [0, 0.1) is 0 Å². The Morgan fingerprint density at radius 2 is 2.06 bits per heavy atom. The van der Waals surface area contributed by atoms with Gasteiger partial charge in [-0.1, -0.05) is 19.8 Å². The summed E-state index contributed by atoms with van der Waals surface area (Å²) in [6, 6.07) is 0.0912. The van der Waals surface area contributed by atoms with Crippen molar-refractivity contribution < 1.29 is 4.79 Å². The van der Waals surface area contributed by atoms with Crippen LogP contribution in [-0.4, -0.2) is 54.6 Å². The van der Waals surface area contributed by atoms with Crippen LogP contribution in [0.4, 0.5) is 0 Å². The van der Waals surface area contributed by atoms with Gasteiger partial charge in [-0.25, -0.2) is 0 Å². The van der Waals surface area contributed by atoms with Crippen LogP contribution < -0.4 is 5.32 Å². The quantitative estimate of drug-likeness (QED) is 0.752. The lowest BCUT2D eigenvalue weighted by atomic mass is 10.1. The van der Waals surface area contributed by atoms with Crippen LogP contribution in [0.15, 0.2) is 0 Å². The van der Waals surface area contributed by atoms with Gasteiger partial charge in [0.05, 0.1) is 12.7 Å². The maximum absolute atomic E-state index is 12.1. The fraction of sp³-hybridized carbons (Fsp3) is 0.923. The number of hydrogen-bond acceptors (Lipinski definition) is 3. The van der Waals surface area contributed by atoms with Crippen LogP contribution in [0.1, 0.15) is 39.0 Å². The van der Waals surface area contributed by atoms with Gasteiger partial charge in [0.15, 0.2) is 0 Å². The number of amides is 1. The smallest absolute Gasteiger partial charge is 0.240 e. The van der Waals surface area contributed by atoms with Gasteiger partial charge >= 0.3 is 0 Å². The number of nitrogens with one attached hydrogen (secondary N) is 1. The number of unbranched alkanes of at least 4 members (excludes halogenated alkanes) is 1. The number of hydrogen-bond donors (Lipinski definition) is 1. The SMILES string of the molecule is CCCCC1NCN(CCN2CCCC2)C1=O. The zero-order valence-corrected chi connectivity index (χ0v) is 11.0. The second kappa shape index (κ2) is 6.36. The van der Waals surface area contributed by atoms with E-state index in [4.69, 9.17) is 0 Å². The van der Waals surface area contributed by atoms with Crippen LogP contribution in [0.25, 0.3) is 0 Å². The molecule has 0 aromatic heterocycles. The van der Waals surface area contributed by atoms with Gasteiger partial charge in [0.25, 0.3) is 0 Å². The Kier molecular flexibility index (Phi) is 4.80. The second-order valence-electron chi connectivity index (χ2n) is 5.21. The Hall–Kier alpha value is -0.610. The topological polar surface area (TPSA) is 35.6 Å². The molecule has 4 nitrogen and oxygen atoms in total. The third kappa shape index (κ3) is 3.42. The maximum Gasteiger partial charge on any atom is 0.240 e. The first-order chi connectivity index (χ1) is 8.31. The first kappa shape index (κ1) is 12.8. The van der Waals surface area contributed by atoms with Crippen LogP contribution >= 0.6 is 0 Å². The summed E-state index contributed by atoms with van der Waals surface area (Å²) in [7, 11) is 0. The van der Waals surface area contributed by atoms with Crippen LogP contribution in [0.2, 0.25) is 0 Å². The molecule has 0 aromatic carbocycles. The molecule has 2 aliphatic rings. The van der Waals surface area contributed by atoms with E-state index in [1.807, 2.05) is 4.90 Å². The minimum Gasteiger partial charge on any atom is -0.327 e. The highest BCUT2D eigenvalue weighted by atomic mass is 16.2. The lowest BCUT2D eigenvalue weighted by molar-refractivity contribution is -0.129. The van der Waals surface area contributed by atoms with Gasteiger partial charge in [0.1, 0.15) is 0 Å². The summed E-state index contributed by atoms with van der Waals surface area (Å²) in [5.41, 5.74) is 0. The van der Waals surface area contributed by atoms with E-state index in [0.717, 1.165) is 32.6 Å². The number of carbonyl (C=O) groups excluding carboxylic acids is 1. The summed E-state index contributed by atoms with van der Waals surface area (Å²) in [4.78, 5) is 16.5. The predicted molar refractivity (Wildman–Crippen MR) is 68.7 cm³/mol. The van der Waals surface area contributed by atoms with Crippen LogP contribution in [0.5, 0.6) is 0 Å². The summed E-state index contributed by atoms with van der Waals surface area (Å²) in [5.74, 6) is 0.317. The average Bonchev–Trinajstić information content (AvgIpc) is 2.95. The molecule has 98 valence electrons. The minimum atomic E-state index is 0.0912. The maximum atomic E-state index is 12.1. The van der Waals surface area contributed by atoms with Gasteiger partial charge in [0.2, 0.25) is 5.91 Å². The first-order valence-corrected chi connectivity index (χ1v) is 7.06. The molecule has 2 heterocycles. The molecular weight excluding hydrogens is 214 g/mol. The number of rotatable bonds is 6. The second-order valence-corrected chi connectivity index (χ2v) is 5.21. The fourth-order valence-electron chi connectivity index (χ4n) is 2.70. The molecule has 2 rings (SSSR count). The van der Waals surface area contributed by atoms with Crippen molar-refractivity contribution in [1.29, 1.82) is 0 Å². The highest BCUT2D eigenvalue weighted by Gasteiger charge is 2.30. The van der Waals surface area contributed by atoms with Gasteiger partial charge in [-0.05, 0) is 32.4 Å². The van der Waals surface area contributed by atoms with Crippen molar-refractivity contribution in [3.8, 4) is 0 Å². The summed E-state index contributed by atoms with van der Waals surface area (Å²) in [5, 5.41) is 3.32. The van der Waals surface area contributed by atoms with E-state index in [1.54, 1.807) is 0 Å². The van der Waals surface area contributed by atoms with E-state index in [9.17, 15) is 4.79 Å². The van der Waals surface area contributed by atoms with Crippen molar-refractivity contribution in [3.63, 3.8) is 0 Å². The van der Waals surface area contributed by atoms with Crippen LogP contribution in [-0.2, 0) is 4.79 Å². The molecule has 0 spiro atoms. The van der Waals surface area contributed by atoms with Crippen molar-refractivity contribution in [2.24, 2.45) is 0 Å². The highest BCUT2D eigenvalue weighted by Crippen LogP contribution is 2.11. The van der Waals surface area contributed by atoms with Crippen molar-refractivity contribution in [2.75, 3.05) is 32.8 Å². The number of likely N-dealkylation sites (tertiary alicyclic amines) is 1. The third-order valence-electron chi connectivity index (χ3n) is 3.87. The summed E-state index contributed by atoms with van der Waals surface area (Å²) >= 11 is 0. The molecule has 2 saturated heterocycles. The Balaban J connectivity index is 1.69. The predicted octanol–water partition coefficient (Wildman–Crippen LogP) is 1.03. The zero-order valence-electron chi connectivity index (χ0n) is 11.0. The number of nitrogens with zero attached hydrogens (tertiary/aromatic N) is 2. The minimum absolute atomic E-state index is 0.0912. The van der Waals surface area contributed by atoms with Gasteiger partial charge in [-0.15, -0.1) is 0 Å². The summed E-state index contributed by atoms with van der Waals surface area (Å²) < 4.78 is 0. The Morgan fingerprint density at radius 1 is 1.29 bits per heavy atom. The average molecular weight is 239 g/mol. The molecule has 1 amide bonds. The van der Waals surface area contributed by atoms with Crippen molar-refractivity contribution in [2.45, 2.75) is 45.1 Å². The Morgan fingerprint density at radius 3 is 2.76 bits per heavy atom. The molecule has 4 heteroatoms. The fourth-order valence-corrected chi connectivity index (χ4v) is 2.70. The Labute approximate surface area is 104 Å². The normalized spacial score (nSPS) is 26.1. The zero-order chi connectivity index (χ0) is 12.1. The van der Waals surface area contributed by atoms with Gasteiger partial charge in [-0.2, -0.15) is 0 Å². The van der Waals surface area contributed by atoms with E-state index in [-0.39, 0.29) is 6.04 Å². The standard InChI is InChI=1S/C13H25N3O/c1-2-3-6-12-13(17)16(11-14-12)10-9-15-7-4-5-8-15/h12,14H,2-11H2,1H3. The van der Waals surface area contributed by atoms with Crippen molar-refractivity contribution >= 4 is 5.91 Å². The lowest BCUT2D eigenvalue weighted by Crippen LogP contribution is -2.36. The molecule has 0 saturated carbocycles. The van der Waals surface area contributed by atoms with E-state index in [1.165, 1.54) is 32.4 Å². The molecule has 2 aliphatic heterocycles. The molecular formula is C13H25N3O. The van der Waals surface area contributed by atoms with E-state index < -0.39 is 0 Å². The third-order valence-corrected chi connectivity index (χ3v) is 3.87. The van der Waals surface area contributed by atoms with E-state index in [2.05, 4.69) is 17.1 Å². The first-order valence-electron chi connectivity index (χ1n) is 7.06. The van der Waals surface area contributed by atoms with Crippen molar-refractivity contribution in [1.82, 2.24) is 15.1 Å². The molecule has 0 aliphatic carbocycles. The van der Waals surface area contributed by atoms with E-state index >= 15 is 0 Å². The van der Waals surface area contributed by atoms with Gasteiger partial charge in [-0.3, -0.25) is 10.1 Å². The summed E-state index contributed by atoms with van der Waals surface area (Å²) in [6.07, 6.45) is 5.95. The molecule has 1 atom stereocenters. The lowest BCUT2D eigenvalue weighted by Gasteiger charge is -2.20. The van der Waals surface area contributed by atoms with Crippen LogP contribution in [0.3, 0.4) is 0 Å². The highest BCUT2D eigenvalue weighted by molar-refractivity contribution is 5.83. The molecule has 0 bridgehead atoms. The van der Waals surface area contributed by atoms with E-state index in [0.29, 0.717) is 5.91 Å². The number of carbonyl (C=O) groups is 1. The molecule has 1 unspecified atom stereocenters. The van der Waals surface area contributed by atoms with Gasteiger partial charge in [0, 0.05) is 13.1 Å². The monoisotopic (exact) mass is 239 g/mol. The van der Waals surface area contributed by atoms with Crippen molar-refractivity contribution in [3.05, 3.63) is 0 Å². The Bertz CT molecular complexity index is 251. The molecule has 2 fully saturated rings. The molecule has 0 radical (unpaired) electrons. The molecule has 0 aromatic rings. The van der Waals surface area contributed by atoms with Gasteiger partial charge < -0.3 is 9.80 Å². The molecule has 17 heavy (non-hydrogen) atoms. The largest absolute Gasteiger partial charge is 0.327 e. The summed E-state index contributed by atoms with van der Waals surface area (Å²) in [6.45, 7) is 7.30.